The van der Waals surface area contributed by atoms with Gasteiger partial charge in [-0.3, -0.25) is 0 Å². The van der Waals surface area contributed by atoms with Crippen LogP contribution in [0.15, 0.2) is 12.2 Å². The van der Waals surface area contributed by atoms with E-state index in [2.05, 4.69) is 13.0 Å². The van der Waals surface area contributed by atoms with Gasteiger partial charge >= 0.3 is 0 Å². The quantitative estimate of drug-likeness (QED) is 0.508. The predicted octanol–water partition coefficient (Wildman–Crippen LogP) is 2.07. The first-order valence-electron chi connectivity index (χ1n) is 2.73. The molecule has 0 fully saturated rings. The van der Waals surface area contributed by atoms with Crippen LogP contribution in [0.25, 0.3) is 0 Å². The molecule has 0 unspecified atom stereocenters. The number of nitrogens with zero attached hydrogens (tertiary/aromatic N) is 1. The van der Waals surface area contributed by atoms with Crippen LogP contribution in [0, 0.1) is 18.3 Å². The van der Waals surface area contributed by atoms with Gasteiger partial charge in [0.25, 0.3) is 0 Å². The van der Waals surface area contributed by atoms with E-state index in [9.17, 15) is 0 Å². The Kier molecular flexibility index (Phi) is 5.63. The molecular weight excluding hydrogens is 98.1 g/mol. The zero-order valence-corrected chi connectivity index (χ0v) is 4.93. The van der Waals surface area contributed by atoms with Crippen molar-refractivity contribution in [1.82, 2.24) is 0 Å². The highest BCUT2D eigenvalue weighted by atomic mass is 14.2. The first-order valence-corrected chi connectivity index (χ1v) is 2.73. The second-order valence-electron chi connectivity index (χ2n) is 1.52. The van der Waals surface area contributed by atoms with Crippen molar-refractivity contribution in [3.05, 3.63) is 19.1 Å². The van der Waals surface area contributed by atoms with E-state index >= 15 is 0 Å². The van der Waals surface area contributed by atoms with E-state index in [1.807, 2.05) is 6.08 Å². The summed E-state index contributed by atoms with van der Waals surface area (Å²) in [6, 6.07) is 2.07. The Morgan fingerprint density at radius 3 is 2.88 bits per heavy atom. The monoisotopic (exact) mass is 108 g/mol. The Hall–Kier alpha value is -0.770. The molecule has 0 aliphatic heterocycles. The molecule has 0 aromatic carbocycles. The van der Waals surface area contributed by atoms with Crippen molar-refractivity contribution in [2.24, 2.45) is 0 Å². The lowest BCUT2D eigenvalue weighted by Gasteiger charge is -1.82. The molecule has 0 aromatic heterocycles. The standard InChI is InChI=1S/C7H10N/c1-2-3-4-5-6-7-8/h2-3H,1,4-6H2/b3-2+. The van der Waals surface area contributed by atoms with Gasteiger partial charge in [0.05, 0.1) is 6.07 Å². The Morgan fingerprint density at radius 2 is 2.38 bits per heavy atom. The second kappa shape index (κ2) is 6.23. The molecular formula is C7H10N. The fourth-order valence-electron chi connectivity index (χ4n) is 0.417. The smallest absolute Gasteiger partial charge is 0.0621 e. The van der Waals surface area contributed by atoms with Crippen molar-refractivity contribution < 1.29 is 0 Å². The molecule has 0 rings (SSSR count). The minimum Gasteiger partial charge on any atom is -0.198 e. The Morgan fingerprint density at radius 1 is 1.62 bits per heavy atom. The van der Waals surface area contributed by atoms with Gasteiger partial charge in [0, 0.05) is 6.42 Å². The summed E-state index contributed by atoms with van der Waals surface area (Å²) in [6.07, 6.45) is 6.33. The van der Waals surface area contributed by atoms with Crippen LogP contribution in [0.3, 0.4) is 0 Å². The van der Waals surface area contributed by atoms with E-state index in [0.717, 1.165) is 12.8 Å². The fourth-order valence-corrected chi connectivity index (χ4v) is 0.417. The highest BCUT2D eigenvalue weighted by molar-refractivity contribution is 4.84. The molecule has 0 aliphatic rings. The average Bonchev–Trinajstić information content (AvgIpc) is 1.81. The molecule has 0 amide bonds. The average molecular weight is 108 g/mol. The van der Waals surface area contributed by atoms with Crippen LogP contribution < -0.4 is 0 Å². The number of unbranched alkanes of at least 4 members (excludes halogenated alkanes) is 2. The largest absolute Gasteiger partial charge is 0.198 e. The SMILES string of the molecule is [CH2]/C=C/CCCC#N. The van der Waals surface area contributed by atoms with Gasteiger partial charge in [-0.25, -0.2) is 0 Å². The van der Waals surface area contributed by atoms with Gasteiger partial charge in [-0.05, 0) is 19.8 Å². The molecule has 1 radical (unpaired) electrons. The molecule has 0 heterocycles. The molecule has 0 bridgehead atoms. The van der Waals surface area contributed by atoms with Crippen molar-refractivity contribution in [3.63, 3.8) is 0 Å². The summed E-state index contributed by atoms with van der Waals surface area (Å²) < 4.78 is 0. The number of nitriles is 1. The molecule has 0 saturated carbocycles. The molecule has 8 heavy (non-hydrogen) atoms. The second-order valence-corrected chi connectivity index (χ2v) is 1.52. The Labute approximate surface area is 50.6 Å². The lowest BCUT2D eigenvalue weighted by molar-refractivity contribution is 0.876. The maximum atomic E-state index is 8.08. The molecule has 0 aliphatic carbocycles. The lowest BCUT2D eigenvalue weighted by Crippen LogP contribution is -1.66. The van der Waals surface area contributed by atoms with E-state index in [0.29, 0.717) is 6.42 Å². The van der Waals surface area contributed by atoms with E-state index in [1.54, 1.807) is 6.08 Å². The van der Waals surface area contributed by atoms with Crippen molar-refractivity contribution in [3.8, 4) is 6.07 Å². The normalized spacial score (nSPS) is 9.50. The highest BCUT2D eigenvalue weighted by Crippen LogP contribution is 1.93. The van der Waals surface area contributed by atoms with Crippen molar-refractivity contribution in [2.45, 2.75) is 19.3 Å². The van der Waals surface area contributed by atoms with Gasteiger partial charge in [0.15, 0.2) is 0 Å². The van der Waals surface area contributed by atoms with Gasteiger partial charge < -0.3 is 0 Å². The minimum atomic E-state index is 0.657. The van der Waals surface area contributed by atoms with Crippen LogP contribution in [0.5, 0.6) is 0 Å². The summed E-state index contributed by atoms with van der Waals surface area (Å²) in [4.78, 5) is 0. The predicted molar refractivity (Wildman–Crippen MR) is 34.0 cm³/mol. The van der Waals surface area contributed by atoms with Gasteiger partial charge in [0.1, 0.15) is 0 Å². The van der Waals surface area contributed by atoms with Crippen LogP contribution in [0.2, 0.25) is 0 Å². The third-order valence-corrected chi connectivity index (χ3v) is 0.826. The molecule has 0 spiro atoms. The summed E-state index contributed by atoms with van der Waals surface area (Å²) >= 11 is 0. The lowest BCUT2D eigenvalue weighted by atomic mass is 10.2. The minimum absolute atomic E-state index is 0.657. The molecule has 0 aromatic rings. The molecule has 0 N–H and O–H groups in total. The number of hydrogen-bond donors (Lipinski definition) is 0. The fraction of sp³-hybridized carbons (Fsp3) is 0.429. The third kappa shape index (κ3) is 5.23. The molecule has 1 nitrogen and oxygen atoms in total. The van der Waals surface area contributed by atoms with Crippen LogP contribution in [-0.4, -0.2) is 0 Å². The zero-order valence-electron chi connectivity index (χ0n) is 4.93. The van der Waals surface area contributed by atoms with E-state index in [-0.39, 0.29) is 0 Å². The Balaban J connectivity index is 2.85. The van der Waals surface area contributed by atoms with E-state index in [4.69, 9.17) is 5.26 Å². The molecule has 1 heteroatoms. The molecule has 0 atom stereocenters. The summed E-state index contributed by atoms with van der Waals surface area (Å²) in [5.41, 5.74) is 0. The molecule has 0 saturated heterocycles. The summed E-state index contributed by atoms with van der Waals surface area (Å²) in [7, 11) is 0. The molecule has 43 valence electrons. The third-order valence-electron chi connectivity index (χ3n) is 0.826. The zero-order chi connectivity index (χ0) is 6.24. The summed E-state index contributed by atoms with van der Waals surface area (Å²) in [6.45, 7) is 3.52. The van der Waals surface area contributed by atoms with Gasteiger partial charge in [0.2, 0.25) is 0 Å². The number of hydrogen-bond acceptors (Lipinski definition) is 1. The Bertz CT molecular complexity index is 97.4. The number of allylic oxidation sites excluding steroid dienone is 2. The summed E-state index contributed by atoms with van der Waals surface area (Å²) in [5, 5.41) is 8.08. The first-order chi connectivity index (χ1) is 3.91. The first kappa shape index (κ1) is 7.23. The number of rotatable bonds is 3. The topological polar surface area (TPSA) is 23.8 Å². The van der Waals surface area contributed by atoms with Crippen LogP contribution in [-0.2, 0) is 0 Å². The van der Waals surface area contributed by atoms with Gasteiger partial charge in [-0.2, -0.15) is 5.26 Å². The van der Waals surface area contributed by atoms with E-state index in [1.165, 1.54) is 0 Å². The highest BCUT2D eigenvalue weighted by Gasteiger charge is 1.77. The van der Waals surface area contributed by atoms with E-state index < -0.39 is 0 Å². The maximum absolute atomic E-state index is 8.08. The van der Waals surface area contributed by atoms with Crippen molar-refractivity contribution in [1.29, 1.82) is 5.26 Å². The van der Waals surface area contributed by atoms with Crippen molar-refractivity contribution in [2.75, 3.05) is 0 Å². The van der Waals surface area contributed by atoms with Gasteiger partial charge in [-0.1, -0.05) is 12.2 Å². The maximum Gasteiger partial charge on any atom is 0.0621 e. The van der Waals surface area contributed by atoms with Crippen molar-refractivity contribution >= 4 is 0 Å². The van der Waals surface area contributed by atoms with Gasteiger partial charge in [-0.15, -0.1) is 0 Å². The summed E-state index contributed by atoms with van der Waals surface area (Å²) in [5.74, 6) is 0. The van der Waals surface area contributed by atoms with Crippen LogP contribution in [0.4, 0.5) is 0 Å². The van der Waals surface area contributed by atoms with Crippen LogP contribution >= 0.6 is 0 Å². The van der Waals surface area contributed by atoms with Crippen LogP contribution in [0.1, 0.15) is 19.3 Å².